The van der Waals surface area contributed by atoms with E-state index < -0.39 is 0 Å². The summed E-state index contributed by atoms with van der Waals surface area (Å²) < 4.78 is 0. The van der Waals surface area contributed by atoms with Gasteiger partial charge < -0.3 is 9.80 Å². The van der Waals surface area contributed by atoms with E-state index in [2.05, 4.69) is 67.4 Å². The molecule has 1 aromatic heterocycles. The summed E-state index contributed by atoms with van der Waals surface area (Å²) in [4.78, 5) is 17.1. The first kappa shape index (κ1) is 18.6. The van der Waals surface area contributed by atoms with Gasteiger partial charge in [0.1, 0.15) is 0 Å². The van der Waals surface area contributed by atoms with Gasteiger partial charge in [0.25, 0.3) is 0 Å². The summed E-state index contributed by atoms with van der Waals surface area (Å²) in [6.45, 7) is 15.7. The Morgan fingerprint density at radius 1 is 1.20 bits per heavy atom. The number of nitrogens with zero attached hydrogens (tertiary/aromatic N) is 5. The summed E-state index contributed by atoms with van der Waals surface area (Å²) >= 11 is 0. The van der Waals surface area contributed by atoms with Crippen molar-refractivity contribution in [2.24, 2.45) is 5.92 Å². The Hall–Kier alpha value is -1.20. The fourth-order valence-electron chi connectivity index (χ4n) is 4.34. The first-order chi connectivity index (χ1) is 11.7. The lowest BCUT2D eigenvalue weighted by Gasteiger charge is -2.46. The van der Waals surface area contributed by atoms with Crippen molar-refractivity contribution in [3.63, 3.8) is 0 Å². The minimum Gasteiger partial charge on any atom is -0.332 e. The van der Waals surface area contributed by atoms with Crippen molar-refractivity contribution in [3.8, 4) is 0 Å². The summed E-state index contributed by atoms with van der Waals surface area (Å²) in [5.41, 5.74) is 1.38. The molecule has 0 radical (unpaired) electrons. The second kappa shape index (κ2) is 7.20. The summed E-state index contributed by atoms with van der Waals surface area (Å²) in [6, 6.07) is 3.18. The van der Waals surface area contributed by atoms with Crippen LogP contribution in [0, 0.1) is 5.92 Å². The smallest absolute Gasteiger partial charge is 0.226 e. The van der Waals surface area contributed by atoms with Crippen molar-refractivity contribution >= 4 is 5.95 Å². The van der Waals surface area contributed by atoms with E-state index in [0.717, 1.165) is 37.8 Å². The van der Waals surface area contributed by atoms with E-state index in [1.165, 1.54) is 12.8 Å². The van der Waals surface area contributed by atoms with Crippen LogP contribution in [0.5, 0.6) is 0 Å². The molecule has 2 aliphatic rings. The van der Waals surface area contributed by atoms with E-state index in [4.69, 9.17) is 4.98 Å². The van der Waals surface area contributed by atoms with Gasteiger partial charge in [-0.15, -0.1) is 0 Å². The van der Waals surface area contributed by atoms with Gasteiger partial charge in [-0.1, -0.05) is 13.8 Å². The van der Waals surface area contributed by atoms with Crippen molar-refractivity contribution in [1.29, 1.82) is 0 Å². The van der Waals surface area contributed by atoms with Gasteiger partial charge in [0.2, 0.25) is 5.95 Å². The first-order valence-corrected chi connectivity index (χ1v) is 9.78. The highest BCUT2D eigenvalue weighted by Crippen LogP contribution is 2.35. The van der Waals surface area contributed by atoms with Gasteiger partial charge >= 0.3 is 0 Å². The maximum Gasteiger partial charge on any atom is 0.226 e. The van der Waals surface area contributed by atoms with Crippen molar-refractivity contribution in [2.45, 2.75) is 71.6 Å². The average molecular weight is 346 g/mol. The summed E-state index contributed by atoms with van der Waals surface area (Å²) in [7, 11) is 2.17. The molecule has 0 saturated carbocycles. The second-order valence-electron chi connectivity index (χ2n) is 9.31. The van der Waals surface area contributed by atoms with Gasteiger partial charge in [-0.2, -0.15) is 0 Å². The summed E-state index contributed by atoms with van der Waals surface area (Å²) in [5.74, 6) is 1.61. The van der Waals surface area contributed by atoms with Crippen LogP contribution in [0.2, 0.25) is 0 Å². The normalized spacial score (nSPS) is 24.6. The summed E-state index contributed by atoms with van der Waals surface area (Å²) in [6.07, 6.45) is 4.46. The molecule has 2 saturated heterocycles. The van der Waals surface area contributed by atoms with Crippen LogP contribution in [0.4, 0.5) is 5.95 Å². The predicted molar refractivity (Wildman–Crippen MR) is 104 cm³/mol. The van der Waals surface area contributed by atoms with E-state index in [1.54, 1.807) is 0 Å². The highest BCUT2D eigenvalue weighted by Gasteiger charge is 2.43. The number of hydrogen-bond donors (Lipinski definition) is 0. The number of anilines is 1. The first-order valence-electron chi connectivity index (χ1n) is 9.78. The van der Waals surface area contributed by atoms with Gasteiger partial charge in [0, 0.05) is 50.0 Å². The SMILES string of the molecule is CC(C)CN(C)Cc1ccnc(N2C3CCC2CN(C(C)(C)C)C3)n1. The average Bonchev–Trinajstić information content (AvgIpc) is 2.75. The third-order valence-corrected chi connectivity index (χ3v) is 5.47. The van der Waals surface area contributed by atoms with E-state index >= 15 is 0 Å². The third kappa shape index (κ3) is 4.32. The van der Waals surface area contributed by atoms with Crippen LogP contribution in [-0.2, 0) is 6.54 Å². The molecule has 2 unspecified atom stereocenters. The zero-order chi connectivity index (χ0) is 18.2. The van der Waals surface area contributed by atoms with Crippen LogP contribution in [0.1, 0.15) is 53.2 Å². The number of piperazine rings is 1. The van der Waals surface area contributed by atoms with Crippen LogP contribution in [0.25, 0.3) is 0 Å². The Morgan fingerprint density at radius 2 is 1.84 bits per heavy atom. The Bertz CT molecular complexity index is 566. The van der Waals surface area contributed by atoms with Gasteiger partial charge in [0.05, 0.1) is 5.69 Å². The van der Waals surface area contributed by atoms with Crippen molar-refractivity contribution in [2.75, 3.05) is 31.6 Å². The minimum absolute atomic E-state index is 0.245. The lowest BCUT2D eigenvalue weighted by molar-refractivity contribution is 0.105. The van der Waals surface area contributed by atoms with Crippen molar-refractivity contribution in [3.05, 3.63) is 18.0 Å². The highest BCUT2D eigenvalue weighted by atomic mass is 15.4. The van der Waals surface area contributed by atoms with E-state index in [1.807, 2.05) is 6.20 Å². The van der Waals surface area contributed by atoms with Crippen molar-refractivity contribution < 1.29 is 0 Å². The zero-order valence-electron chi connectivity index (χ0n) is 16.9. The molecule has 5 nitrogen and oxygen atoms in total. The molecule has 2 fully saturated rings. The van der Waals surface area contributed by atoms with Gasteiger partial charge in [-0.25, -0.2) is 9.97 Å². The van der Waals surface area contributed by atoms with Crippen LogP contribution in [-0.4, -0.2) is 64.1 Å². The Balaban J connectivity index is 1.72. The largest absolute Gasteiger partial charge is 0.332 e. The molecular weight excluding hydrogens is 310 g/mol. The molecule has 2 bridgehead atoms. The fraction of sp³-hybridized carbons (Fsp3) is 0.800. The minimum atomic E-state index is 0.245. The molecule has 3 rings (SSSR count). The molecule has 1 aromatic rings. The molecule has 0 aromatic carbocycles. The van der Waals surface area contributed by atoms with Gasteiger partial charge in [-0.05, 0) is 52.6 Å². The molecule has 2 aliphatic heterocycles. The standard InChI is InChI=1S/C20H35N5/c1-15(2)11-23(6)12-16-9-10-21-19(22-16)25-17-7-8-18(25)14-24(13-17)20(3,4)5/h9-10,15,17-18H,7-8,11-14H2,1-6H3. The molecule has 5 heteroatoms. The number of likely N-dealkylation sites (tertiary alicyclic amines) is 1. The van der Waals surface area contributed by atoms with Crippen molar-refractivity contribution in [1.82, 2.24) is 19.8 Å². The Morgan fingerprint density at radius 3 is 2.40 bits per heavy atom. The molecule has 25 heavy (non-hydrogen) atoms. The lowest BCUT2D eigenvalue weighted by atomic mass is 10.0. The monoisotopic (exact) mass is 345 g/mol. The molecule has 2 atom stereocenters. The maximum absolute atomic E-state index is 4.93. The maximum atomic E-state index is 4.93. The summed E-state index contributed by atoms with van der Waals surface area (Å²) in [5, 5.41) is 0. The topological polar surface area (TPSA) is 35.5 Å². The molecule has 0 N–H and O–H groups in total. The number of hydrogen-bond acceptors (Lipinski definition) is 5. The van der Waals surface area contributed by atoms with Crippen LogP contribution >= 0.6 is 0 Å². The Labute approximate surface area is 153 Å². The van der Waals surface area contributed by atoms with Crippen LogP contribution in [0.15, 0.2) is 12.3 Å². The number of fused-ring (bicyclic) bond motifs is 2. The number of aromatic nitrogens is 2. The number of rotatable bonds is 5. The Kier molecular flexibility index (Phi) is 5.35. The second-order valence-corrected chi connectivity index (χ2v) is 9.31. The molecule has 0 aliphatic carbocycles. The van der Waals surface area contributed by atoms with E-state index in [0.29, 0.717) is 18.0 Å². The fourth-order valence-corrected chi connectivity index (χ4v) is 4.34. The lowest BCUT2D eigenvalue weighted by Crippen LogP contribution is -2.59. The highest BCUT2D eigenvalue weighted by molar-refractivity contribution is 5.38. The molecule has 3 heterocycles. The van der Waals surface area contributed by atoms with Crippen LogP contribution < -0.4 is 4.90 Å². The van der Waals surface area contributed by atoms with E-state index in [9.17, 15) is 0 Å². The molecule has 140 valence electrons. The van der Waals surface area contributed by atoms with Gasteiger partial charge in [-0.3, -0.25) is 4.90 Å². The molecule has 0 amide bonds. The van der Waals surface area contributed by atoms with Crippen LogP contribution in [0.3, 0.4) is 0 Å². The van der Waals surface area contributed by atoms with E-state index in [-0.39, 0.29) is 5.54 Å². The predicted octanol–water partition coefficient (Wildman–Crippen LogP) is 3.02. The molecular formula is C20H35N5. The molecule has 0 spiro atoms. The van der Waals surface area contributed by atoms with Gasteiger partial charge in [0.15, 0.2) is 0 Å². The zero-order valence-corrected chi connectivity index (χ0v) is 16.9. The third-order valence-electron chi connectivity index (χ3n) is 5.47. The quantitative estimate of drug-likeness (QED) is 0.820.